The molecule has 0 heterocycles. The molecule has 0 aromatic heterocycles. The number of hydrogen-bond acceptors (Lipinski definition) is 2. The monoisotopic (exact) mass is 297 g/mol. The molecule has 0 bridgehead atoms. The Morgan fingerprint density at radius 1 is 1.20 bits per heavy atom. The van der Waals surface area contributed by atoms with Crippen molar-refractivity contribution in [2.45, 2.75) is 40.2 Å². The summed E-state index contributed by atoms with van der Waals surface area (Å²) in [5.74, 6) is -1.30. The van der Waals surface area contributed by atoms with Gasteiger partial charge in [0.1, 0.15) is 0 Å². The summed E-state index contributed by atoms with van der Waals surface area (Å²) < 4.78 is 0. The molecule has 0 aliphatic carbocycles. The van der Waals surface area contributed by atoms with E-state index >= 15 is 0 Å². The summed E-state index contributed by atoms with van der Waals surface area (Å²) in [4.78, 5) is 23.7. The number of aliphatic carboxylic acids is 1. The van der Waals surface area contributed by atoms with Crippen LogP contribution in [0.4, 0.5) is 0 Å². The van der Waals surface area contributed by atoms with Crippen LogP contribution in [-0.4, -0.2) is 22.5 Å². The molecule has 1 aromatic carbocycles. The molecule has 0 saturated carbocycles. The Hall–Kier alpha value is -1.55. The third-order valence-electron chi connectivity index (χ3n) is 3.97. The van der Waals surface area contributed by atoms with Gasteiger partial charge in [0.15, 0.2) is 0 Å². The van der Waals surface area contributed by atoms with Crippen LogP contribution in [0.1, 0.15) is 43.6 Å². The quantitative estimate of drug-likeness (QED) is 0.896. The zero-order valence-electron chi connectivity index (χ0n) is 12.4. The van der Waals surface area contributed by atoms with Crippen molar-refractivity contribution in [3.8, 4) is 0 Å². The van der Waals surface area contributed by atoms with Crippen molar-refractivity contribution < 1.29 is 14.7 Å². The Kier molecular flexibility index (Phi) is 4.49. The molecule has 4 nitrogen and oxygen atoms in total. The Labute approximate surface area is 124 Å². The molecule has 0 atom stereocenters. The maximum absolute atomic E-state index is 12.3. The van der Waals surface area contributed by atoms with Gasteiger partial charge in [0.25, 0.3) is 5.91 Å². The zero-order chi connectivity index (χ0) is 15.7. The number of halogens is 1. The van der Waals surface area contributed by atoms with Gasteiger partial charge >= 0.3 is 5.97 Å². The van der Waals surface area contributed by atoms with Crippen LogP contribution in [-0.2, 0) is 4.79 Å². The van der Waals surface area contributed by atoms with E-state index in [4.69, 9.17) is 11.6 Å². The van der Waals surface area contributed by atoms with E-state index in [0.29, 0.717) is 10.6 Å². The van der Waals surface area contributed by atoms with E-state index in [2.05, 4.69) is 5.32 Å². The van der Waals surface area contributed by atoms with Crippen molar-refractivity contribution >= 4 is 23.5 Å². The molecule has 0 saturated heterocycles. The lowest BCUT2D eigenvalue weighted by atomic mass is 9.74. The van der Waals surface area contributed by atoms with E-state index in [1.54, 1.807) is 52.8 Å². The SMILES string of the molecule is Cc1ccc(Cl)cc1C(=O)NC(C)(C)C(C)(C)C(=O)O. The van der Waals surface area contributed by atoms with Gasteiger partial charge in [-0.1, -0.05) is 17.7 Å². The number of carbonyl (C=O) groups is 2. The van der Waals surface area contributed by atoms with Crippen LogP contribution >= 0.6 is 11.6 Å². The average molecular weight is 298 g/mol. The van der Waals surface area contributed by atoms with Gasteiger partial charge in [-0.05, 0) is 52.3 Å². The lowest BCUT2D eigenvalue weighted by molar-refractivity contribution is -0.150. The molecule has 0 fully saturated rings. The normalized spacial score (nSPS) is 12.1. The number of carboxylic acids is 1. The minimum Gasteiger partial charge on any atom is -0.481 e. The number of nitrogens with one attached hydrogen (secondary N) is 1. The first-order chi connectivity index (χ1) is 8.99. The third kappa shape index (κ3) is 3.12. The molecule has 1 rings (SSSR count). The van der Waals surface area contributed by atoms with Crippen LogP contribution in [0.5, 0.6) is 0 Å². The van der Waals surface area contributed by atoms with Crippen molar-refractivity contribution in [3.05, 3.63) is 34.3 Å². The highest BCUT2D eigenvalue weighted by Gasteiger charge is 2.44. The van der Waals surface area contributed by atoms with Crippen molar-refractivity contribution in [2.24, 2.45) is 5.41 Å². The van der Waals surface area contributed by atoms with Crippen molar-refractivity contribution in [1.82, 2.24) is 5.32 Å². The van der Waals surface area contributed by atoms with Crippen molar-refractivity contribution in [3.63, 3.8) is 0 Å². The first-order valence-electron chi connectivity index (χ1n) is 6.31. The fourth-order valence-electron chi connectivity index (χ4n) is 1.61. The van der Waals surface area contributed by atoms with Gasteiger partial charge < -0.3 is 10.4 Å². The van der Waals surface area contributed by atoms with E-state index in [9.17, 15) is 14.7 Å². The van der Waals surface area contributed by atoms with Gasteiger partial charge in [-0.3, -0.25) is 9.59 Å². The van der Waals surface area contributed by atoms with Crippen LogP contribution in [0.15, 0.2) is 18.2 Å². The smallest absolute Gasteiger partial charge is 0.311 e. The van der Waals surface area contributed by atoms with Crippen LogP contribution in [0, 0.1) is 12.3 Å². The predicted molar refractivity (Wildman–Crippen MR) is 79.2 cm³/mol. The Morgan fingerprint density at radius 3 is 2.25 bits per heavy atom. The molecule has 20 heavy (non-hydrogen) atoms. The molecule has 1 amide bonds. The molecular formula is C15H20ClNO3. The lowest BCUT2D eigenvalue weighted by Gasteiger charge is -2.38. The highest BCUT2D eigenvalue weighted by molar-refractivity contribution is 6.31. The molecule has 0 radical (unpaired) electrons. The lowest BCUT2D eigenvalue weighted by Crippen LogP contribution is -2.57. The summed E-state index contributed by atoms with van der Waals surface area (Å²) in [6, 6.07) is 5.04. The van der Waals surface area contributed by atoms with Gasteiger partial charge in [-0.25, -0.2) is 0 Å². The summed E-state index contributed by atoms with van der Waals surface area (Å²) in [6.45, 7) is 8.36. The molecule has 0 aliphatic rings. The Bertz CT molecular complexity index is 550. The van der Waals surface area contributed by atoms with Crippen molar-refractivity contribution in [1.29, 1.82) is 0 Å². The number of carbonyl (C=O) groups excluding carboxylic acids is 1. The van der Waals surface area contributed by atoms with Crippen LogP contribution in [0.3, 0.4) is 0 Å². The number of hydrogen-bond donors (Lipinski definition) is 2. The average Bonchev–Trinajstić information content (AvgIpc) is 2.31. The molecule has 0 unspecified atom stereocenters. The van der Waals surface area contributed by atoms with Gasteiger partial charge in [0, 0.05) is 10.6 Å². The minimum absolute atomic E-state index is 0.329. The zero-order valence-corrected chi connectivity index (χ0v) is 13.1. The molecule has 110 valence electrons. The molecule has 5 heteroatoms. The van der Waals surface area contributed by atoms with E-state index in [0.717, 1.165) is 5.56 Å². The van der Waals surface area contributed by atoms with E-state index in [1.807, 2.05) is 0 Å². The Balaban J connectivity index is 3.06. The van der Waals surface area contributed by atoms with E-state index < -0.39 is 16.9 Å². The maximum Gasteiger partial charge on any atom is 0.311 e. The first kappa shape index (κ1) is 16.5. The van der Waals surface area contributed by atoms with Crippen LogP contribution in [0.2, 0.25) is 5.02 Å². The summed E-state index contributed by atoms with van der Waals surface area (Å²) in [5, 5.41) is 12.5. The number of benzene rings is 1. The summed E-state index contributed by atoms with van der Waals surface area (Å²) in [7, 11) is 0. The van der Waals surface area contributed by atoms with Gasteiger partial charge in [-0.15, -0.1) is 0 Å². The number of aryl methyl sites for hydroxylation is 1. The molecular weight excluding hydrogens is 278 g/mol. The third-order valence-corrected chi connectivity index (χ3v) is 4.20. The first-order valence-corrected chi connectivity index (χ1v) is 6.69. The minimum atomic E-state index is -1.10. The molecule has 2 N–H and O–H groups in total. The second kappa shape index (κ2) is 5.44. The molecule has 0 aliphatic heterocycles. The largest absolute Gasteiger partial charge is 0.481 e. The molecule has 0 spiro atoms. The van der Waals surface area contributed by atoms with Gasteiger partial charge in [-0.2, -0.15) is 0 Å². The van der Waals surface area contributed by atoms with E-state index in [-0.39, 0.29) is 5.91 Å². The predicted octanol–water partition coefficient (Wildman–Crippen LogP) is 3.27. The van der Waals surface area contributed by atoms with Gasteiger partial charge in [0.05, 0.1) is 11.0 Å². The fraction of sp³-hybridized carbons (Fsp3) is 0.467. The van der Waals surface area contributed by atoms with Crippen LogP contribution < -0.4 is 5.32 Å². The highest BCUT2D eigenvalue weighted by Crippen LogP contribution is 2.31. The standard InChI is InChI=1S/C15H20ClNO3/c1-9-6-7-10(16)8-11(9)12(18)17-15(4,5)14(2,3)13(19)20/h6-8H,1-5H3,(H,17,18)(H,19,20). The number of carboxylic acid groups (broad SMARTS) is 1. The fourth-order valence-corrected chi connectivity index (χ4v) is 1.79. The van der Waals surface area contributed by atoms with Crippen LogP contribution in [0.25, 0.3) is 0 Å². The second-order valence-electron chi connectivity index (χ2n) is 5.97. The van der Waals surface area contributed by atoms with Gasteiger partial charge in [0.2, 0.25) is 0 Å². The summed E-state index contributed by atoms with van der Waals surface area (Å²) in [5.41, 5.74) is -0.776. The Morgan fingerprint density at radius 2 is 1.75 bits per heavy atom. The number of rotatable bonds is 4. The molecule has 1 aromatic rings. The van der Waals surface area contributed by atoms with E-state index in [1.165, 1.54) is 0 Å². The van der Waals surface area contributed by atoms with Crippen molar-refractivity contribution in [2.75, 3.05) is 0 Å². The summed E-state index contributed by atoms with van der Waals surface area (Å²) in [6.07, 6.45) is 0. The summed E-state index contributed by atoms with van der Waals surface area (Å²) >= 11 is 5.90. The highest BCUT2D eigenvalue weighted by atomic mass is 35.5. The maximum atomic E-state index is 12.3. The second-order valence-corrected chi connectivity index (χ2v) is 6.40. The number of amides is 1. The topological polar surface area (TPSA) is 66.4 Å².